The van der Waals surface area contributed by atoms with Gasteiger partial charge < -0.3 is 5.32 Å². The van der Waals surface area contributed by atoms with Crippen LogP contribution in [0.4, 0.5) is 0 Å². The molecule has 1 aliphatic rings. The smallest absolute Gasteiger partial charge is 0.169 e. The second-order valence-electron chi connectivity index (χ2n) is 11.9. The highest BCUT2D eigenvalue weighted by Crippen LogP contribution is 2.36. The van der Waals surface area contributed by atoms with Crippen molar-refractivity contribution in [2.24, 2.45) is 9.98 Å². The number of allylic oxidation sites excluding steroid dienone is 3. The van der Waals surface area contributed by atoms with Crippen molar-refractivity contribution in [1.29, 1.82) is 0 Å². The predicted octanol–water partition coefficient (Wildman–Crippen LogP) is 9.96. The molecule has 6 aromatic carbocycles. The molecule has 7 aromatic rings. The zero-order chi connectivity index (χ0) is 33.0. The number of nitrogens with one attached hydrogen (secondary N) is 1. The molecule has 49 heavy (non-hydrogen) atoms. The maximum Gasteiger partial charge on any atom is 0.169 e. The van der Waals surface area contributed by atoms with Crippen LogP contribution in [0.1, 0.15) is 22.9 Å². The second kappa shape index (κ2) is 13.3. The molecule has 0 saturated heterocycles. The van der Waals surface area contributed by atoms with E-state index in [1.54, 1.807) is 12.4 Å². The Balaban J connectivity index is 1.10. The van der Waals surface area contributed by atoms with Crippen LogP contribution >= 0.6 is 0 Å². The number of hydrogen-bond acceptors (Lipinski definition) is 5. The Hall–Kier alpha value is -6.46. The number of amidine groups is 2. The Morgan fingerprint density at radius 1 is 0.653 bits per heavy atom. The van der Waals surface area contributed by atoms with Crippen LogP contribution in [0.2, 0.25) is 0 Å². The lowest BCUT2D eigenvalue weighted by Crippen LogP contribution is -2.36. The van der Waals surface area contributed by atoms with E-state index in [1.165, 1.54) is 27.5 Å². The molecule has 1 aliphatic heterocycles. The molecule has 234 valence electrons. The monoisotopic (exact) mass is 631 g/mol. The predicted molar refractivity (Wildman–Crippen MR) is 204 cm³/mol. The Labute approximate surface area is 285 Å². The lowest BCUT2D eigenvalue weighted by atomic mass is 9.93. The minimum absolute atomic E-state index is 0.351. The van der Waals surface area contributed by atoms with Gasteiger partial charge in [0.25, 0.3) is 0 Å². The second-order valence-corrected chi connectivity index (χ2v) is 11.9. The standard InChI is InChI=1S/C44H33N5/c1-2-30(42-47-43(32-18-5-3-6-19-32)49-44(48-42)33-20-7-4-8-21-33)15-9-10-16-31-17-11-12-22-35(31)34-25-26-38-39(29-34)36-23-13-14-24-37(36)40-41(38)46-28-27-45-40/h2-15,17-29,43H,1,16H2,(H,47,48,49)/b10-9-,30-15+. The summed E-state index contributed by atoms with van der Waals surface area (Å²) in [5.74, 6) is 1.52. The first-order valence-corrected chi connectivity index (χ1v) is 16.4. The molecular formula is C44H33N5. The van der Waals surface area contributed by atoms with Gasteiger partial charge in [-0.2, -0.15) is 0 Å². The normalized spacial score (nSPS) is 14.9. The lowest BCUT2D eigenvalue weighted by Gasteiger charge is -2.22. The Morgan fingerprint density at radius 3 is 2.10 bits per heavy atom. The number of rotatable bonds is 8. The summed E-state index contributed by atoms with van der Waals surface area (Å²) in [6.07, 6.45) is 12.1. The van der Waals surface area contributed by atoms with Gasteiger partial charge in [0.15, 0.2) is 6.17 Å². The molecule has 0 fully saturated rings. The molecule has 2 heterocycles. The van der Waals surface area contributed by atoms with Gasteiger partial charge >= 0.3 is 0 Å². The highest BCUT2D eigenvalue weighted by atomic mass is 15.2. The first-order valence-electron chi connectivity index (χ1n) is 16.4. The number of aliphatic imine (C=N–C) groups is 2. The van der Waals surface area contributed by atoms with Gasteiger partial charge in [-0.1, -0.05) is 152 Å². The van der Waals surface area contributed by atoms with E-state index < -0.39 is 0 Å². The van der Waals surface area contributed by atoms with Crippen molar-refractivity contribution >= 4 is 44.2 Å². The topological polar surface area (TPSA) is 62.5 Å². The van der Waals surface area contributed by atoms with E-state index in [0.29, 0.717) is 0 Å². The molecule has 1 atom stereocenters. The summed E-state index contributed by atoms with van der Waals surface area (Å²) in [5, 5.41) is 8.05. The van der Waals surface area contributed by atoms with E-state index in [0.717, 1.165) is 56.6 Å². The third kappa shape index (κ3) is 5.94. The van der Waals surface area contributed by atoms with E-state index in [2.05, 4.69) is 126 Å². The number of aromatic nitrogens is 2. The van der Waals surface area contributed by atoms with Gasteiger partial charge in [0, 0.05) is 34.3 Å². The SMILES string of the molecule is C=C/C(=C\C=C/Cc1ccccc1-c1ccc2c(c1)c1ccccc1c1nccnc21)C1=NC(c2ccccc2)N=C(c2ccccc2)N1. The molecule has 0 bridgehead atoms. The van der Waals surface area contributed by atoms with E-state index >= 15 is 0 Å². The van der Waals surface area contributed by atoms with Crippen molar-refractivity contribution in [1.82, 2.24) is 15.3 Å². The van der Waals surface area contributed by atoms with Crippen molar-refractivity contribution in [3.63, 3.8) is 0 Å². The molecule has 1 N–H and O–H groups in total. The molecule has 0 radical (unpaired) electrons. The van der Waals surface area contributed by atoms with Crippen molar-refractivity contribution in [2.75, 3.05) is 0 Å². The molecule has 0 saturated carbocycles. The fraction of sp³-hybridized carbons (Fsp3) is 0.0455. The molecule has 5 heteroatoms. The molecular weight excluding hydrogens is 599 g/mol. The molecule has 0 spiro atoms. The Bertz CT molecular complexity index is 2420. The van der Waals surface area contributed by atoms with Crippen LogP contribution in [0.15, 0.2) is 186 Å². The summed E-state index contributed by atoms with van der Waals surface area (Å²) in [5.41, 5.74) is 8.42. The average Bonchev–Trinajstić information content (AvgIpc) is 3.18. The minimum Gasteiger partial charge on any atom is -0.324 e. The molecule has 5 nitrogen and oxygen atoms in total. The number of benzene rings is 6. The number of hydrogen-bond donors (Lipinski definition) is 1. The van der Waals surface area contributed by atoms with Gasteiger partial charge in [0.05, 0.1) is 11.0 Å². The van der Waals surface area contributed by atoms with E-state index in [9.17, 15) is 0 Å². The maximum absolute atomic E-state index is 4.99. The third-order valence-electron chi connectivity index (χ3n) is 8.90. The Kier molecular flexibility index (Phi) is 8.14. The van der Waals surface area contributed by atoms with Gasteiger partial charge in [-0.25, -0.2) is 9.98 Å². The lowest BCUT2D eigenvalue weighted by molar-refractivity contribution is 0.756. The minimum atomic E-state index is -0.351. The first-order chi connectivity index (χ1) is 24.3. The fourth-order valence-electron chi connectivity index (χ4n) is 6.50. The van der Waals surface area contributed by atoms with E-state index in [-0.39, 0.29) is 6.17 Å². The van der Waals surface area contributed by atoms with Crippen LogP contribution in [0.3, 0.4) is 0 Å². The first kappa shape index (κ1) is 29.9. The Morgan fingerprint density at radius 2 is 1.33 bits per heavy atom. The highest BCUT2D eigenvalue weighted by molar-refractivity contribution is 6.23. The molecule has 1 aromatic heterocycles. The average molecular weight is 632 g/mol. The van der Waals surface area contributed by atoms with Crippen molar-refractivity contribution in [3.05, 3.63) is 193 Å². The molecule has 8 rings (SSSR count). The fourth-order valence-corrected chi connectivity index (χ4v) is 6.50. The van der Waals surface area contributed by atoms with Crippen LogP contribution in [0, 0.1) is 0 Å². The maximum atomic E-state index is 4.99. The van der Waals surface area contributed by atoms with Crippen LogP contribution in [-0.4, -0.2) is 21.6 Å². The number of fused-ring (bicyclic) bond motifs is 6. The van der Waals surface area contributed by atoms with Gasteiger partial charge in [-0.05, 0) is 45.5 Å². The summed E-state index contributed by atoms with van der Waals surface area (Å²) in [4.78, 5) is 19.3. The third-order valence-corrected chi connectivity index (χ3v) is 8.90. The highest BCUT2D eigenvalue weighted by Gasteiger charge is 2.20. The van der Waals surface area contributed by atoms with Crippen molar-refractivity contribution < 1.29 is 0 Å². The summed E-state index contributed by atoms with van der Waals surface area (Å²) in [6, 6.07) is 44.1. The summed E-state index contributed by atoms with van der Waals surface area (Å²) < 4.78 is 0. The van der Waals surface area contributed by atoms with Gasteiger partial charge in [0.1, 0.15) is 11.7 Å². The van der Waals surface area contributed by atoms with Crippen LogP contribution < -0.4 is 5.32 Å². The van der Waals surface area contributed by atoms with Gasteiger partial charge in [-0.3, -0.25) is 9.97 Å². The van der Waals surface area contributed by atoms with Crippen molar-refractivity contribution in [3.8, 4) is 11.1 Å². The van der Waals surface area contributed by atoms with Crippen LogP contribution in [0.25, 0.3) is 43.7 Å². The molecule has 0 amide bonds. The van der Waals surface area contributed by atoms with E-state index in [1.807, 2.05) is 42.5 Å². The molecule has 0 aliphatic carbocycles. The van der Waals surface area contributed by atoms with Gasteiger partial charge in [0.2, 0.25) is 0 Å². The zero-order valence-electron chi connectivity index (χ0n) is 26.9. The summed E-state index contributed by atoms with van der Waals surface area (Å²) in [7, 11) is 0. The van der Waals surface area contributed by atoms with Crippen molar-refractivity contribution in [2.45, 2.75) is 12.6 Å². The number of nitrogens with zero attached hydrogens (tertiary/aromatic N) is 4. The van der Waals surface area contributed by atoms with E-state index in [4.69, 9.17) is 15.0 Å². The molecule has 1 unspecified atom stereocenters. The van der Waals surface area contributed by atoms with Crippen LogP contribution in [0.5, 0.6) is 0 Å². The van der Waals surface area contributed by atoms with Gasteiger partial charge in [-0.15, -0.1) is 0 Å². The summed E-state index contributed by atoms with van der Waals surface area (Å²) in [6.45, 7) is 4.12. The zero-order valence-corrected chi connectivity index (χ0v) is 26.9. The summed E-state index contributed by atoms with van der Waals surface area (Å²) >= 11 is 0. The largest absolute Gasteiger partial charge is 0.324 e. The van der Waals surface area contributed by atoms with Crippen LogP contribution in [-0.2, 0) is 6.42 Å². The quantitative estimate of drug-likeness (QED) is 0.134.